The lowest BCUT2D eigenvalue weighted by Crippen LogP contribution is -1.98. The van der Waals surface area contributed by atoms with Gasteiger partial charge in [0, 0.05) is 32.0 Å². The van der Waals surface area contributed by atoms with Crippen molar-refractivity contribution in [1.29, 1.82) is 0 Å². The van der Waals surface area contributed by atoms with Crippen LogP contribution in [0.5, 0.6) is 23.0 Å². The number of ether oxygens (including phenoxy) is 2. The predicted octanol–water partition coefficient (Wildman–Crippen LogP) is 15.6. The first-order chi connectivity index (χ1) is 31.1. The van der Waals surface area contributed by atoms with Crippen LogP contribution in [0, 0.1) is 0 Å². The van der Waals surface area contributed by atoms with Crippen LogP contribution in [0.25, 0.3) is 86.2 Å². The predicted molar refractivity (Wildman–Crippen MR) is 261 cm³/mol. The van der Waals surface area contributed by atoms with E-state index in [1.807, 2.05) is 72.8 Å². The Bertz CT molecular complexity index is 3250. The van der Waals surface area contributed by atoms with Crippen molar-refractivity contribution in [2.24, 2.45) is 0 Å². The molecule has 5 heteroatoms. The lowest BCUT2D eigenvalue weighted by Gasteiger charge is -2.17. The molecule has 302 valence electrons. The lowest BCUT2D eigenvalue weighted by atomic mass is 9.92. The molecule has 63 heavy (non-hydrogen) atoms. The SMILES string of the molecule is Oc1ccc2ccccc2c1-c1c(OCc2ccc(-c3ccc(-c4ccc(COc5ccc6ccccc6c5-c5c(O)ccc6ccccc56)cc4)s3)cc2)ccc2ccccc12. The minimum atomic E-state index is 0.227. The van der Waals surface area contributed by atoms with E-state index < -0.39 is 0 Å². The molecule has 4 nitrogen and oxygen atoms in total. The molecule has 0 spiro atoms. The molecule has 0 unspecified atom stereocenters. The molecular weight excluding hydrogens is 793 g/mol. The Balaban J connectivity index is 0.802. The summed E-state index contributed by atoms with van der Waals surface area (Å²) < 4.78 is 13.2. The summed E-state index contributed by atoms with van der Waals surface area (Å²) >= 11 is 1.77. The van der Waals surface area contributed by atoms with Gasteiger partial charge in [-0.05, 0) is 102 Å². The first-order valence-corrected chi connectivity index (χ1v) is 21.9. The fourth-order valence-corrected chi connectivity index (χ4v) is 9.82. The molecule has 0 atom stereocenters. The van der Waals surface area contributed by atoms with Gasteiger partial charge in [0.2, 0.25) is 0 Å². The third kappa shape index (κ3) is 7.18. The molecule has 2 N–H and O–H groups in total. The molecule has 0 aliphatic carbocycles. The van der Waals surface area contributed by atoms with Gasteiger partial charge in [-0.15, -0.1) is 11.3 Å². The van der Waals surface area contributed by atoms with Crippen LogP contribution in [0.1, 0.15) is 11.1 Å². The first kappa shape index (κ1) is 38.1. The van der Waals surface area contributed by atoms with E-state index in [-0.39, 0.29) is 11.5 Å². The Labute approximate surface area is 369 Å². The monoisotopic (exact) mass is 832 g/mol. The molecule has 0 saturated heterocycles. The molecular formula is C58H40O4S. The van der Waals surface area contributed by atoms with E-state index in [0.29, 0.717) is 13.2 Å². The topological polar surface area (TPSA) is 58.9 Å². The molecule has 0 amide bonds. The second kappa shape index (κ2) is 16.2. The molecule has 0 radical (unpaired) electrons. The van der Waals surface area contributed by atoms with Crippen molar-refractivity contribution in [3.8, 4) is 66.1 Å². The average Bonchev–Trinajstić information content (AvgIpc) is 3.84. The van der Waals surface area contributed by atoms with Crippen LogP contribution in [0.2, 0.25) is 0 Å². The highest BCUT2D eigenvalue weighted by molar-refractivity contribution is 7.18. The van der Waals surface area contributed by atoms with Crippen LogP contribution < -0.4 is 9.47 Å². The second-order valence-corrected chi connectivity index (χ2v) is 16.9. The maximum atomic E-state index is 11.3. The van der Waals surface area contributed by atoms with Crippen molar-refractivity contribution >= 4 is 54.4 Å². The number of phenolic OH excluding ortho intramolecular Hbond substituents is 2. The van der Waals surface area contributed by atoms with Crippen molar-refractivity contribution in [3.05, 3.63) is 217 Å². The number of hydrogen-bond donors (Lipinski definition) is 2. The van der Waals surface area contributed by atoms with E-state index in [4.69, 9.17) is 9.47 Å². The molecule has 10 aromatic carbocycles. The Kier molecular flexibility index (Phi) is 9.80. The quantitative estimate of drug-likeness (QED) is 0.144. The van der Waals surface area contributed by atoms with Gasteiger partial charge in [0.1, 0.15) is 36.2 Å². The summed E-state index contributed by atoms with van der Waals surface area (Å²) in [6, 6.07) is 69.9. The molecule has 1 aromatic heterocycles. The molecule has 11 rings (SSSR count). The Morgan fingerprint density at radius 1 is 0.317 bits per heavy atom. The number of phenols is 2. The van der Waals surface area contributed by atoms with Crippen LogP contribution in [0.3, 0.4) is 0 Å². The van der Waals surface area contributed by atoms with E-state index in [1.165, 1.54) is 9.75 Å². The summed E-state index contributed by atoms with van der Waals surface area (Å²) in [6.45, 7) is 0.771. The van der Waals surface area contributed by atoms with E-state index in [0.717, 1.165) is 99.1 Å². The van der Waals surface area contributed by atoms with Gasteiger partial charge in [-0.1, -0.05) is 170 Å². The third-order valence-corrected chi connectivity index (χ3v) is 13.2. The summed E-state index contributed by atoms with van der Waals surface area (Å²) in [7, 11) is 0. The smallest absolute Gasteiger partial charge is 0.128 e. The first-order valence-electron chi connectivity index (χ1n) is 21.1. The van der Waals surface area contributed by atoms with Crippen LogP contribution in [0.15, 0.2) is 206 Å². The molecule has 0 bridgehead atoms. The number of aromatic hydroxyl groups is 2. The third-order valence-electron chi connectivity index (χ3n) is 12.0. The summed E-state index contributed by atoms with van der Waals surface area (Å²) in [5.41, 5.74) is 7.75. The van der Waals surface area contributed by atoms with Gasteiger partial charge in [-0.3, -0.25) is 0 Å². The molecule has 0 aliphatic heterocycles. The van der Waals surface area contributed by atoms with Gasteiger partial charge in [0.05, 0.1) is 0 Å². The van der Waals surface area contributed by atoms with Gasteiger partial charge in [0.25, 0.3) is 0 Å². The van der Waals surface area contributed by atoms with Gasteiger partial charge < -0.3 is 19.7 Å². The fraction of sp³-hybridized carbons (Fsp3) is 0.0345. The van der Waals surface area contributed by atoms with Crippen molar-refractivity contribution in [2.45, 2.75) is 13.2 Å². The second-order valence-electron chi connectivity index (χ2n) is 15.8. The molecule has 0 aliphatic rings. The van der Waals surface area contributed by atoms with Gasteiger partial charge in [-0.2, -0.15) is 0 Å². The zero-order chi connectivity index (χ0) is 42.3. The maximum Gasteiger partial charge on any atom is 0.128 e. The van der Waals surface area contributed by atoms with Crippen LogP contribution >= 0.6 is 11.3 Å². The largest absolute Gasteiger partial charge is 0.507 e. The van der Waals surface area contributed by atoms with E-state index >= 15 is 0 Å². The number of fused-ring (bicyclic) bond motifs is 4. The number of hydrogen-bond acceptors (Lipinski definition) is 5. The Hall–Kier alpha value is -7.86. The Morgan fingerprint density at radius 2 is 0.651 bits per heavy atom. The molecule has 11 aromatic rings. The molecule has 1 heterocycles. The van der Waals surface area contributed by atoms with Crippen molar-refractivity contribution in [3.63, 3.8) is 0 Å². The number of thiophene rings is 1. The van der Waals surface area contributed by atoms with Crippen molar-refractivity contribution in [2.75, 3.05) is 0 Å². The summed E-state index contributed by atoms with van der Waals surface area (Å²) in [5.74, 6) is 1.91. The number of benzene rings is 10. The van der Waals surface area contributed by atoms with Crippen molar-refractivity contribution in [1.82, 2.24) is 0 Å². The zero-order valence-corrected chi connectivity index (χ0v) is 35.0. The minimum Gasteiger partial charge on any atom is -0.507 e. The standard InChI is InChI=1S/C58H40O4S/c59-49-29-25-39-9-1-5-13-45(39)55(49)57-47-15-7-3-11-41(47)27-31-51(57)61-35-37-17-21-43(22-18-37)53-33-34-54(63-53)44-23-19-38(20-24-44)36-62-52-32-28-42-12-4-8-16-48(42)58(52)56-46-14-6-2-10-40(46)26-30-50(56)60/h1-34,59-60H,35-36H2. The zero-order valence-electron chi connectivity index (χ0n) is 34.2. The van der Waals surface area contributed by atoms with Gasteiger partial charge >= 0.3 is 0 Å². The van der Waals surface area contributed by atoms with Crippen molar-refractivity contribution < 1.29 is 19.7 Å². The summed E-state index contributed by atoms with van der Waals surface area (Å²) in [6.07, 6.45) is 0. The highest BCUT2D eigenvalue weighted by atomic mass is 32.1. The lowest BCUT2D eigenvalue weighted by molar-refractivity contribution is 0.308. The average molecular weight is 833 g/mol. The molecule has 0 saturated carbocycles. The highest BCUT2D eigenvalue weighted by Crippen LogP contribution is 2.47. The van der Waals surface area contributed by atoms with E-state index in [1.54, 1.807) is 23.5 Å². The van der Waals surface area contributed by atoms with Crippen LogP contribution in [-0.2, 0) is 13.2 Å². The minimum absolute atomic E-state index is 0.227. The maximum absolute atomic E-state index is 11.3. The summed E-state index contributed by atoms with van der Waals surface area (Å²) in [5, 5.41) is 30.8. The van der Waals surface area contributed by atoms with Gasteiger partial charge in [-0.25, -0.2) is 0 Å². The summed E-state index contributed by atoms with van der Waals surface area (Å²) in [4.78, 5) is 2.38. The van der Waals surface area contributed by atoms with Gasteiger partial charge in [0.15, 0.2) is 0 Å². The molecule has 0 fully saturated rings. The number of rotatable bonds is 10. The van der Waals surface area contributed by atoms with E-state index in [2.05, 4.69) is 121 Å². The normalized spacial score (nSPS) is 11.4. The van der Waals surface area contributed by atoms with Crippen LogP contribution in [-0.4, -0.2) is 10.2 Å². The highest BCUT2D eigenvalue weighted by Gasteiger charge is 2.20. The fourth-order valence-electron chi connectivity index (χ4n) is 8.81. The van der Waals surface area contributed by atoms with E-state index in [9.17, 15) is 10.2 Å². The van der Waals surface area contributed by atoms with Crippen LogP contribution in [0.4, 0.5) is 0 Å². The Morgan fingerprint density at radius 3 is 1.03 bits per heavy atom.